The SMILES string of the molecule is C=C(C)CN(CC)C(=O)C(C)Sc1nnc(-c2cccc(C)c2)n1C. The van der Waals surface area contributed by atoms with Crippen molar-refractivity contribution in [1.29, 1.82) is 0 Å². The van der Waals surface area contributed by atoms with E-state index in [4.69, 9.17) is 0 Å². The number of carbonyl (C=O) groups excluding carboxylic acids is 1. The summed E-state index contributed by atoms with van der Waals surface area (Å²) < 4.78 is 1.94. The van der Waals surface area contributed by atoms with Gasteiger partial charge in [0.05, 0.1) is 5.25 Å². The molecule has 0 N–H and O–H groups in total. The fourth-order valence-electron chi connectivity index (χ4n) is 2.59. The van der Waals surface area contributed by atoms with Crippen LogP contribution in [0.4, 0.5) is 0 Å². The average Bonchev–Trinajstić information content (AvgIpc) is 2.92. The Morgan fingerprint density at radius 1 is 1.40 bits per heavy atom. The molecule has 0 aliphatic carbocycles. The Morgan fingerprint density at radius 2 is 2.12 bits per heavy atom. The first kappa shape index (κ1) is 19.2. The van der Waals surface area contributed by atoms with Crippen LogP contribution in [0.15, 0.2) is 41.6 Å². The number of aromatic nitrogens is 3. The van der Waals surface area contributed by atoms with Crippen molar-refractivity contribution in [2.75, 3.05) is 13.1 Å². The van der Waals surface area contributed by atoms with Crippen molar-refractivity contribution in [3.8, 4) is 11.4 Å². The molecule has 1 aromatic carbocycles. The van der Waals surface area contributed by atoms with Crippen molar-refractivity contribution in [2.24, 2.45) is 7.05 Å². The average molecular weight is 359 g/mol. The van der Waals surface area contributed by atoms with Gasteiger partial charge in [-0.3, -0.25) is 4.79 Å². The first-order valence-corrected chi connectivity index (χ1v) is 9.27. The van der Waals surface area contributed by atoms with E-state index in [0.29, 0.717) is 13.1 Å². The molecule has 2 rings (SSSR count). The highest BCUT2D eigenvalue weighted by molar-refractivity contribution is 8.00. The van der Waals surface area contributed by atoms with Crippen molar-refractivity contribution in [3.63, 3.8) is 0 Å². The number of hydrogen-bond acceptors (Lipinski definition) is 4. The van der Waals surface area contributed by atoms with Crippen molar-refractivity contribution in [3.05, 3.63) is 42.0 Å². The van der Waals surface area contributed by atoms with Crippen molar-refractivity contribution >= 4 is 17.7 Å². The van der Waals surface area contributed by atoms with Crippen LogP contribution in [0, 0.1) is 6.92 Å². The molecule has 0 saturated carbocycles. The van der Waals surface area contributed by atoms with Crippen molar-refractivity contribution in [2.45, 2.75) is 38.1 Å². The van der Waals surface area contributed by atoms with Gasteiger partial charge >= 0.3 is 0 Å². The van der Waals surface area contributed by atoms with Crippen LogP contribution in [-0.4, -0.2) is 43.9 Å². The minimum absolute atomic E-state index is 0.0932. The Kier molecular flexibility index (Phi) is 6.42. The summed E-state index contributed by atoms with van der Waals surface area (Å²) in [6.07, 6.45) is 0. The van der Waals surface area contributed by atoms with E-state index in [0.717, 1.165) is 22.1 Å². The van der Waals surface area contributed by atoms with Gasteiger partial charge in [0.15, 0.2) is 11.0 Å². The quantitative estimate of drug-likeness (QED) is 0.559. The first-order chi connectivity index (χ1) is 11.8. The second-order valence-electron chi connectivity index (χ2n) is 6.30. The summed E-state index contributed by atoms with van der Waals surface area (Å²) in [4.78, 5) is 14.5. The number of amides is 1. The van der Waals surface area contributed by atoms with E-state index in [1.807, 2.05) is 49.4 Å². The monoisotopic (exact) mass is 358 g/mol. The first-order valence-electron chi connectivity index (χ1n) is 8.39. The van der Waals surface area contributed by atoms with Crippen LogP contribution in [0.2, 0.25) is 0 Å². The molecule has 25 heavy (non-hydrogen) atoms. The standard InChI is InChI=1S/C19H26N4OS/c1-7-23(12-13(2)3)18(24)15(5)25-19-21-20-17(22(19)6)16-10-8-9-14(4)11-16/h8-11,15H,2,7,12H2,1,3-6H3. The van der Waals surface area contributed by atoms with Crippen LogP contribution in [0.3, 0.4) is 0 Å². The fraction of sp³-hybridized carbons (Fsp3) is 0.421. The van der Waals surface area contributed by atoms with E-state index in [1.165, 1.54) is 17.3 Å². The number of carbonyl (C=O) groups is 1. The van der Waals surface area contributed by atoms with E-state index in [1.54, 1.807) is 0 Å². The summed E-state index contributed by atoms with van der Waals surface area (Å²) in [5.41, 5.74) is 3.18. The normalized spacial score (nSPS) is 12.0. The molecule has 1 amide bonds. The van der Waals surface area contributed by atoms with Crippen LogP contribution in [-0.2, 0) is 11.8 Å². The Balaban J connectivity index is 2.15. The Hall–Kier alpha value is -2.08. The summed E-state index contributed by atoms with van der Waals surface area (Å²) in [5.74, 6) is 0.899. The highest BCUT2D eigenvalue weighted by Gasteiger charge is 2.23. The van der Waals surface area contributed by atoms with Gasteiger partial charge in [0.1, 0.15) is 0 Å². The molecule has 1 unspecified atom stereocenters. The van der Waals surface area contributed by atoms with Crippen molar-refractivity contribution < 1.29 is 4.79 Å². The van der Waals surface area contributed by atoms with E-state index in [9.17, 15) is 4.79 Å². The molecule has 1 aromatic heterocycles. The van der Waals surface area contributed by atoms with Crippen LogP contribution < -0.4 is 0 Å². The van der Waals surface area contributed by atoms with E-state index in [-0.39, 0.29) is 11.2 Å². The molecule has 0 spiro atoms. The molecule has 0 bridgehead atoms. The second kappa shape index (κ2) is 8.34. The molecule has 134 valence electrons. The van der Waals surface area contributed by atoms with Gasteiger partial charge in [-0.1, -0.05) is 47.7 Å². The van der Waals surface area contributed by atoms with E-state index >= 15 is 0 Å². The summed E-state index contributed by atoms with van der Waals surface area (Å²) in [7, 11) is 1.93. The van der Waals surface area contributed by atoms with Gasteiger partial charge in [-0.2, -0.15) is 0 Å². The number of likely N-dealkylation sites (N-methyl/N-ethyl adjacent to an activating group) is 1. The minimum Gasteiger partial charge on any atom is -0.338 e. The van der Waals surface area contributed by atoms with E-state index in [2.05, 4.69) is 35.8 Å². The third kappa shape index (κ3) is 4.72. The lowest BCUT2D eigenvalue weighted by atomic mass is 10.1. The maximum atomic E-state index is 12.7. The molecule has 0 fully saturated rings. The van der Waals surface area contributed by atoms with Gasteiger partial charge < -0.3 is 9.47 Å². The van der Waals surface area contributed by atoms with Crippen LogP contribution >= 0.6 is 11.8 Å². The third-order valence-corrected chi connectivity index (χ3v) is 5.02. The predicted molar refractivity (Wildman–Crippen MR) is 104 cm³/mol. The van der Waals surface area contributed by atoms with Crippen LogP contribution in [0.1, 0.15) is 26.3 Å². The number of benzene rings is 1. The number of aryl methyl sites for hydroxylation is 1. The summed E-state index contributed by atoms with van der Waals surface area (Å²) in [6, 6.07) is 8.16. The molecule has 1 atom stereocenters. The van der Waals surface area contributed by atoms with Gasteiger partial charge in [0.2, 0.25) is 5.91 Å². The number of hydrogen-bond donors (Lipinski definition) is 0. The maximum absolute atomic E-state index is 12.7. The number of nitrogens with zero attached hydrogens (tertiary/aromatic N) is 4. The lowest BCUT2D eigenvalue weighted by Crippen LogP contribution is -2.37. The Labute approximate surface area is 154 Å². The maximum Gasteiger partial charge on any atom is 0.236 e. The molecular weight excluding hydrogens is 332 g/mol. The highest BCUT2D eigenvalue weighted by Crippen LogP contribution is 2.27. The summed E-state index contributed by atoms with van der Waals surface area (Å²) >= 11 is 1.44. The molecule has 0 radical (unpaired) electrons. The molecular formula is C19H26N4OS. The molecule has 5 nitrogen and oxygen atoms in total. The minimum atomic E-state index is -0.229. The van der Waals surface area contributed by atoms with Crippen molar-refractivity contribution in [1.82, 2.24) is 19.7 Å². The van der Waals surface area contributed by atoms with Gasteiger partial charge in [0, 0.05) is 25.7 Å². The zero-order chi connectivity index (χ0) is 18.6. The smallest absolute Gasteiger partial charge is 0.236 e. The van der Waals surface area contributed by atoms with Crippen LogP contribution in [0.25, 0.3) is 11.4 Å². The van der Waals surface area contributed by atoms with E-state index < -0.39 is 0 Å². The number of thioether (sulfide) groups is 1. The molecule has 0 saturated heterocycles. The van der Waals surface area contributed by atoms with Gasteiger partial charge in [-0.05, 0) is 33.8 Å². The zero-order valence-corrected chi connectivity index (χ0v) is 16.4. The molecule has 0 aliphatic rings. The largest absolute Gasteiger partial charge is 0.338 e. The second-order valence-corrected chi connectivity index (χ2v) is 7.61. The lowest BCUT2D eigenvalue weighted by molar-refractivity contribution is -0.129. The zero-order valence-electron chi connectivity index (χ0n) is 15.6. The van der Waals surface area contributed by atoms with Crippen LogP contribution in [0.5, 0.6) is 0 Å². The fourth-order valence-corrected chi connectivity index (χ4v) is 3.49. The molecule has 0 aliphatic heterocycles. The predicted octanol–water partition coefficient (Wildman–Crippen LogP) is 3.70. The topological polar surface area (TPSA) is 51.0 Å². The lowest BCUT2D eigenvalue weighted by Gasteiger charge is -2.24. The van der Waals surface area contributed by atoms with Gasteiger partial charge in [-0.25, -0.2) is 0 Å². The number of rotatable bonds is 7. The summed E-state index contributed by atoms with van der Waals surface area (Å²) in [6.45, 7) is 13.0. The molecule has 6 heteroatoms. The molecule has 2 aromatic rings. The molecule has 1 heterocycles. The third-order valence-electron chi connectivity index (χ3n) is 3.90. The van der Waals surface area contributed by atoms with Gasteiger partial charge in [0.25, 0.3) is 0 Å². The Bertz CT molecular complexity index is 769. The Morgan fingerprint density at radius 3 is 2.72 bits per heavy atom. The summed E-state index contributed by atoms with van der Waals surface area (Å²) in [5, 5.41) is 9.09. The highest BCUT2D eigenvalue weighted by atomic mass is 32.2. The van der Waals surface area contributed by atoms with Gasteiger partial charge in [-0.15, -0.1) is 10.2 Å².